The molecule has 1 aromatic heterocycles. The molecule has 2 rings (SSSR count). The van der Waals surface area contributed by atoms with Gasteiger partial charge in [0.15, 0.2) is 0 Å². The first-order valence-electron chi connectivity index (χ1n) is 7.01. The molecule has 0 aliphatic carbocycles. The SMILES string of the molecule is CCOC(=O)Cc1c(C)c[nH]c(=O)c1Cc1ccccc1. The van der Waals surface area contributed by atoms with Gasteiger partial charge in [0, 0.05) is 18.2 Å². The third-order valence-electron chi connectivity index (χ3n) is 3.38. The van der Waals surface area contributed by atoms with Gasteiger partial charge in [-0.05, 0) is 30.5 Å². The molecular weight excluding hydrogens is 266 g/mol. The van der Waals surface area contributed by atoms with Crippen molar-refractivity contribution >= 4 is 5.97 Å². The van der Waals surface area contributed by atoms with E-state index in [1.54, 1.807) is 13.1 Å². The van der Waals surface area contributed by atoms with Crippen molar-refractivity contribution in [1.29, 1.82) is 0 Å². The first-order chi connectivity index (χ1) is 10.1. The number of H-pyrrole nitrogens is 1. The smallest absolute Gasteiger partial charge is 0.310 e. The Morgan fingerprint density at radius 3 is 2.57 bits per heavy atom. The highest BCUT2D eigenvalue weighted by atomic mass is 16.5. The molecule has 0 amide bonds. The Morgan fingerprint density at radius 2 is 1.90 bits per heavy atom. The lowest BCUT2D eigenvalue weighted by molar-refractivity contribution is -0.142. The van der Waals surface area contributed by atoms with Crippen LogP contribution in [0.15, 0.2) is 41.3 Å². The van der Waals surface area contributed by atoms with E-state index >= 15 is 0 Å². The second-order valence-electron chi connectivity index (χ2n) is 4.90. The number of aromatic nitrogens is 1. The molecule has 0 saturated carbocycles. The van der Waals surface area contributed by atoms with Crippen molar-refractivity contribution in [1.82, 2.24) is 4.98 Å². The number of aryl methyl sites for hydroxylation is 1. The Kier molecular flexibility index (Phi) is 4.93. The Balaban J connectivity index is 2.37. The first-order valence-corrected chi connectivity index (χ1v) is 7.01. The lowest BCUT2D eigenvalue weighted by Gasteiger charge is -2.11. The van der Waals surface area contributed by atoms with Crippen LogP contribution in [0.4, 0.5) is 0 Å². The normalized spacial score (nSPS) is 10.4. The molecule has 1 N–H and O–H groups in total. The van der Waals surface area contributed by atoms with Gasteiger partial charge in [0.05, 0.1) is 13.0 Å². The third-order valence-corrected chi connectivity index (χ3v) is 3.38. The lowest BCUT2D eigenvalue weighted by Crippen LogP contribution is -2.20. The summed E-state index contributed by atoms with van der Waals surface area (Å²) in [5.41, 5.74) is 3.19. The molecular formula is C17H19NO3. The van der Waals surface area contributed by atoms with E-state index in [-0.39, 0.29) is 17.9 Å². The molecule has 1 heterocycles. The van der Waals surface area contributed by atoms with Crippen molar-refractivity contribution in [2.45, 2.75) is 26.7 Å². The van der Waals surface area contributed by atoms with Crippen molar-refractivity contribution in [3.05, 3.63) is 69.1 Å². The Labute approximate surface area is 123 Å². The van der Waals surface area contributed by atoms with Crippen molar-refractivity contribution < 1.29 is 9.53 Å². The summed E-state index contributed by atoms with van der Waals surface area (Å²) < 4.78 is 4.99. The predicted molar refractivity (Wildman–Crippen MR) is 81.4 cm³/mol. The molecule has 0 atom stereocenters. The van der Waals surface area contributed by atoms with Gasteiger partial charge in [0.2, 0.25) is 0 Å². The number of ether oxygens (including phenoxy) is 1. The van der Waals surface area contributed by atoms with Gasteiger partial charge in [0.25, 0.3) is 5.56 Å². The number of pyridine rings is 1. The number of esters is 1. The van der Waals surface area contributed by atoms with Gasteiger partial charge in [-0.1, -0.05) is 30.3 Å². The van der Waals surface area contributed by atoms with E-state index < -0.39 is 0 Å². The molecule has 4 nitrogen and oxygen atoms in total. The number of carbonyl (C=O) groups is 1. The highest BCUT2D eigenvalue weighted by Gasteiger charge is 2.15. The number of carbonyl (C=O) groups excluding carboxylic acids is 1. The zero-order valence-electron chi connectivity index (χ0n) is 12.3. The summed E-state index contributed by atoms with van der Waals surface area (Å²) in [6, 6.07) is 9.74. The molecule has 0 fully saturated rings. The summed E-state index contributed by atoms with van der Waals surface area (Å²) in [5, 5.41) is 0. The predicted octanol–water partition coefficient (Wildman–Crippen LogP) is 2.38. The van der Waals surface area contributed by atoms with Crippen LogP contribution in [0, 0.1) is 6.92 Å². The second-order valence-corrected chi connectivity index (χ2v) is 4.90. The number of hydrogen-bond acceptors (Lipinski definition) is 3. The van der Waals surface area contributed by atoms with Crippen molar-refractivity contribution in [3.63, 3.8) is 0 Å². The van der Waals surface area contributed by atoms with Gasteiger partial charge in [-0.3, -0.25) is 9.59 Å². The average Bonchev–Trinajstić information content (AvgIpc) is 2.48. The Morgan fingerprint density at radius 1 is 1.19 bits per heavy atom. The zero-order chi connectivity index (χ0) is 15.2. The molecule has 21 heavy (non-hydrogen) atoms. The van der Waals surface area contributed by atoms with Crippen LogP contribution in [0.5, 0.6) is 0 Å². The van der Waals surface area contributed by atoms with Crippen molar-refractivity contribution in [2.24, 2.45) is 0 Å². The van der Waals surface area contributed by atoms with Crippen LogP contribution in [0.2, 0.25) is 0 Å². The largest absolute Gasteiger partial charge is 0.466 e. The zero-order valence-corrected chi connectivity index (χ0v) is 12.3. The number of benzene rings is 1. The second kappa shape index (κ2) is 6.88. The maximum Gasteiger partial charge on any atom is 0.310 e. The lowest BCUT2D eigenvalue weighted by atomic mass is 9.96. The quantitative estimate of drug-likeness (QED) is 0.858. The van der Waals surface area contributed by atoms with E-state index in [0.29, 0.717) is 18.6 Å². The van der Waals surface area contributed by atoms with Gasteiger partial charge in [-0.25, -0.2) is 0 Å². The number of rotatable bonds is 5. The van der Waals surface area contributed by atoms with Gasteiger partial charge < -0.3 is 9.72 Å². The molecule has 0 bridgehead atoms. The van der Waals surface area contributed by atoms with Crippen LogP contribution in [0.3, 0.4) is 0 Å². The number of hydrogen-bond donors (Lipinski definition) is 1. The summed E-state index contributed by atoms with van der Waals surface area (Å²) in [5.74, 6) is -0.305. The fourth-order valence-corrected chi connectivity index (χ4v) is 2.31. The standard InChI is InChI=1S/C17H19NO3/c1-3-21-16(19)10-14-12(2)11-18-17(20)15(14)9-13-7-5-4-6-8-13/h4-8,11H,3,9-10H2,1-2H3,(H,18,20). The van der Waals surface area contributed by atoms with E-state index in [2.05, 4.69) is 4.98 Å². The topological polar surface area (TPSA) is 59.2 Å². The van der Waals surface area contributed by atoms with Crippen molar-refractivity contribution in [3.8, 4) is 0 Å². The highest BCUT2D eigenvalue weighted by Crippen LogP contribution is 2.15. The van der Waals surface area contributed by atoms with Crippen molar-refractivity contribution in [2.75, 3.05) is 6.61 Å². The van der Waals surface area contributed by atoms with Crippen LogP contribution in [-0.4, -0.2) is 17.6 Å². The molecule has 4 heteroatoms. The Hall–Kier alpha value is -2.36. The molecule has 0 radical (unpaired) electrons. The Bertz CT molecular complexity index is 674. The molecule has 0 spiro atoms. The first kappa shape index (κ1) is 15.0. The van der Waals surface area contributed by atoms with Gasteiger partial charge in [0.1, 0.15) is 0 Å². The van der Waals surface area contributed by atoms with E-state index in [1.165, 1.54) is 0 Å². The fraction of sp³-hybridized carbons (Fsp3) is 0.294. The molecule has 0 unspecified atom stereocenters. The van der Waals surface area contributed by atoms with Gasteiger partial charge >= 0.3 is 5.97 Å². The van der Waals surface area contributed by atoms with E-state index in [9.17, 15) is 9.59 Å². The van der Waals surface area contributed by atoms with Crippen LogP contribution in [-0.2, 0) is 22.4 Å². The maximum atomic E-state index is 12.1. The molecule has 2 aromatic rings. The molecule has 1 aromatic carbocycles. The monoisotopic (exact) mass is 285 g/mol. The number of aromatic amines is 1. The van der Waals surface area contributed by atoms with Gasteiger partial charge in [-0.2, -0.15) is 0 Å². The molecule has 0 aliphatic heterocycles. The van der Waals surface area contributed by atoms with E-state index in [4.69, 9.17) is 4.74 Å². The van der Waals surface area contributed by atoms with E-state index in [1.807, 2.05) is 37.3 Å². The summed E-state index contributed by atoms with van der Waals surface area (Å²) >= 11 is 0. The molecule has 0 aliphatic rings. The van der Waals surface area contributed by atoms with Gasteiger partial charge in [-0.15, -0.1) is 0 Å². The summed E-state index contributed by atoms with van der Waals surface area (Å²) in [4.78, 5) is 26.6. The molecule has 110 valence electrons. The fourth-order valence-electron chi connectivity index (χ4n) is 2.31. The van der Waals surface area contributed by atoms with Crippen LogP contribution in [0.1, 0.15) is 29.2 Å². The summed E-state index contributed by atoms with van der Waals surface area (Å²) in [6.07, 6.45) is 2.28. The van der Waals surface area contributed by atoms with Crippen LogP contribution >= 0.6 is 0 Å². The minimum absolute atomic E-state index is 0.131. The summed E-state index contributed by atoms with van der Waals surface area (Å²) in [6.45, 7) is 4.00. The maximum absolute atomic E-state index is 12.1. The third kappa shape index (κ3) is 3.81. The number of nitrogens with one attached hydrogen (secondary N) is 1. The minimum atomic E-state index is -0.305. The van der Waals surface area contributed by atoms with E-state index in [0.717, 1.165) is 16.7 Å². The molecule has 0 saturated heterocycles. The summed E-state index contributed by atoms with van der Waals surface area (Å²) in [7, 11) is 0. The highest BCUT2D eigenvalue weighted by molar-refractivity contribution is 5.73. The van der Waals surface area contributed by atoms with Crippen LogP contribution in [0.25, 0.3) is 0 Å². The average molecular weight is 285 g/mol. The van der Waals surface area contributed by atoms with Crippen LogP contribution < -0.4 is 5.56 Å². The minimum Gasteiger partial charge on any atom is -0.466 e.